The summed E-state index contributed by atoms with van der Waals surface area (Å²) in [7, 11) is -3.58. The van der Waals surface area contributed by atoms with E-state index in [1.165, 1.54) is 0 Å². The van der Waals surface area contributed by atoms with Crippen LogP contribution in [0.4, 0.5) is 0 Å². The Kier molecular flexibility index (Phi) is 9.84. The van der Waals surface area contributed by atoms with Gasteiger partial charge >= 0.3 is 0 Å². The Labute approximate surface area is 221 Å². The van der Waals surface area contributed by atoms with E-state index in [-0.39, 0.29) is 25.0 Å². The first-order valence-corrected chi connectivity index (χ1v) is 14.6. The van der Waals surface area contributed by atoms with Crippen molar-refractivity contribution in [2.24, 2.45) is 0 Å². The van der Waals surface area contributed by atoms with E-state index < -0.39 is 15.5 Å². The van der Waals surface area contributed by atoms with Gasteiger partial charge in [0.1, 0.15) is 5.75 Å². The topological polar surface area (TPSA) is 91.4 Å². The van der Waals surface area contributed by atoms with Gasteiger partial charge in [0.15, 0.2) is 11.5 Å². The summed E-state index contributed by atoms with van der Waals surface area (Å²) in [4.78, 5) is 15.2. The van der Waals surface area contributed by atoms with E-state index in [2.05, 4.69) is 0 Å². The number of benzene rings is 2. The normalized spacial score (nSPS) is 17.7. The maximum Gasteiger partial charge on any atom is 0.264 e. The van der Waals surface area contributed by atoms with Crippen LogP contribution in [0.25, 0.3) is 0 Å². The van der Waals surface area contributed by atoms with Crippen molar-refractivity contribution in [1.29, 1.82) is 0 Å². The van der Waals surface area contributed by atoms with Gasteiger partial charge in [-0.3, -0.25) is 8.98 Å². The second kappa shape index (κ2) is 12.6. The summed E-state index contributed by atoms with van der Waals surface area (Å²) >= 11 is 0. The third-order valence-corrected chi connectivity index (χ3v) is 6.96. The second-order valence-corrected chi connectivity index (χ2v) is 11.3. The molecule has 37 heavy (non-hydrogen) atoms. The molecule has 0 N–H and O–H groups in total. The molecule has 0 radical (unpaired) electrons. The maximum absolute atomic E-state index is 13.3. The fourth-order valence-electron chi connectivity index (χ4n) is 4.73. The van der Waals surface area contributed by atoms with E-state index in [1.54, 1.807) is 0 Å². The lowest BCUT2D eigenvalue weighted by Gasteiger charge is -2.30. The number of carbonyl (C=O) groups is 1. The lowest BCUT2D eigenvalue weighted by atomic mass is 9.77. The van der Waals surface area contributed by atoms with Gasteiger partial charge in [0.2, 0.25) is 5.91 Å². The van der Waals surface area contributed by atoms with Crippen LogP contribution in [0, 0.1) is 0 Å². The predicted octanol–water partition coefficient (Wildman–Crippen LogP) is 4.35. The highest BCUT2D eigenvalue weighted by atomic mass is 32.2. The molecule has 0 aliphatic carbocycles. The fraction of sp³-hybridized carbons (Fsp3) is 0.536. The van der Waals surface area contributed by atoms with Crippen molar-refractivity contribution in [3.63, 3.8) is 0 Å². The van der Waals surface area contributed by atoms with Crippen LogP contribution in [0.2, 0.25) is 0 Å². The van der Waals surface area contributed by atoms with Gasteiger partial charge in [-0.1, -0.05) is 18.2 Å². The second-order valence-electron chi connectivity index (χ2n) is 9.64. The molecule has 3 rings (SSSR count). The van der Waals surface area contributed by atoms with Crippen molar-refractivity contribution in [3.8, 4) is 17.2 Å². The first-order chi connectivity index (χ1) is 17.5. The molecular formula is C28H39NO7S. The van der Waals surface area contributed by atoms with Crippen molar-refractivity contribution in [3.05, 3.63) is 53.6 Å². The molecule has 8 nitrogen and oxygen atoms in total. The van der Waals surface area contributed by atoms with Gasteiger partial charge in [-0.05, 0) is 75.9 Å². The summed E-state index contributed by atoms with van der Waals surface area (Å²) in [6, 6.07) is 13.4. The highest BCUT2D eigenvalue weighted by Gasteiger charge is 2.41. The van der Waals surface area contributed by atoms with Gasteiger partial charge in [-0.2, -0.15) is 8.42 Å². The van der Waals surface area contributed by atoms with Crippen molar-refractivity contribution >= 4 is 16.0 Å². The number of hydrogen-bond donors (Lipinski definition) is 0. The van der Waals surface area contributed by atoms with Crippen molar-refractivity contribution in [2.45, 2.75) is 58.5 Å². The maximum atomic E-state index is 13.3. The smallest absolute Gasteiger partial charge is 0.264 e. The van der Waals surface area contributed by atoms with Gasteiger partial charge in [-0.15, -0.1) is 0 Å². The number of amides is 1. The zero-order chi connectivity index (χ0) is 27.1. The van der Waals surface area contributed by atoms with E-state index in [0.717, 1.165) is 23.1 Å². The first-order valence-electron chi connectivity index (χ1n) is 12.8. The van der Waals surface area contributed by atoms with Gasteiger partial charge in [0.25, 0.3) is 10.1 Å². The molecule has 1 atom stereocenters. The Hall–Kier alpha value is -2.78. The van der Waals surface area contributed by atoms with Crippen LogP contribution in [-0.2, 0) is 30.9 Å². The molecule has 1 aliphatic rings. The summed E-state index contributed by atoms with van der Waals surface area (Å²) in [6.45, 7) is 9.81. The lowest BCUT2D eigenvalue weighted by molar-refractivity contribution is -0.129. The van der Waals surface area contributed by atoms with E-state index in [4.69, 9.17) is 18.4 Å². The summed E-state index contributed by atoms with van der Waals surface area (Å²) in [5.41, 5.74) is 1.39. The van der Waals surface area contributed by atoms with Crippen LogP contribution in [0.15, 0.2) is 42.5 Å². The molecule has 1 heterocycles. The summed E-state index contributed by atoms with van der Waals surface area (Å²) < 4.78 is 45.7. The third-order valence-electron chi connectivity index (χ3n) is 6.37. The molecule has 1 fully saturated rings. The Morgan fingerprint density at radius 1 is 1.05 bits per heavy atom. The molecule has 0 bridgehead atoms. The number of rotatable bonds is 13. The number of carbonyl (C=O) groups excluding carboxylic acids is 1. The molecule has 0 saturated carbocycles. The van der Waals surface area contributed by atoms with E-state index in [9.17, 15) is 13.2 Å². The molecule has 1 aliphatic heterocycles. The number of likely N-dealkylation sites (tertiary alicyclic amines) is 1. The average molecular weight is 534 g/mol. The van der Waals surface area contributed by atoms with Crippen LogP contribution in [0.1, 0.15) is 51.7 Å². The Balaban J connectivity index is 1.83. The minimum atomic E-state index is -3.58. The average Bonchev–Trinajstić information content (AvgIpc) is 3.25. The van der Waals surface area contributed by atoms with Gasteiger partial charge in [-0.25, -0.2) is 0 Å². The van der Waals surface area contributed by atoms with Crippen molar-refractivity contribution in [1.82, 2.24) is 4.90 Å². The SMILES string of the molecule is CCOc1ccc([C@@]2(CCOS(C)(=O)=O)CCN(C(=O)Cc3cccc(OC(C)C)c3)C2)cc1OCC. The van der Waals surface area contributed by atoms with Gasteiger partial charge in [0, 0.05) is 18.5 Å². The number of ether oxygens (including phenoxy) is 3. The van der Waals surface area contributed by atoms with Crippen LogP contribution < -0.4 is 14.2 Å². The quantitative estimate of drug-likeness (QED) is 0.354. The highest BCUT2D eigenvalue weighted by molar-refractivity contribution is 7.85. The molecule has 2 aromatic rings. The lowest BCUT2D eigenvalue weighted by Crippen LogP contribution is -2.36. The van der Waals surface area contributed by atoms with E-state index >= 15 is 0 Å². The summed E-state index contributed by atoms with van der Waals surface area (Å²) in [5.74, 6) is 2.05. The zero-order valence-corrected chi connectivity index (χ0v) is 23.3. The Morgan fingerprint density at radius 2 is 1.78 bits per heavy atom. The molecule has 204 valence electrons. The number of nitrogens with zero attached hydrogens (tertiary/aromatic N) is 1. The molecule has 0 spiro atoms. The monoisotopic (exact) mass is 533 g/mol. The van der Waals surface area contributed by atoms with Gasteiger partial charge < -0.3 is 19.1 Å². The minimum Gasteiger partial charge on any atom is -0.491 e. The largest absolute Gasteiger partial charge is 0.491 e. The molecule has 2 aromatic carbocycles. The van der Waals surface area contributed by atoms with Crippen LogP contribution in [0.3, 0.4) is 0 Å². The van der Waals surface area contributed by atoms with Crippen molar-refractivity contribution in [2.75, 3.05) is 39.2 Å². The van der Waals surface area contributed by atoms with Crippen LogP contribution in [0.5, 0.6) is 17.2 Å². The fourth-order valence-corrected chi connectivity index (χ4v) is 5.11. The summed E-state index contributed by atoms with van der Waals surface area (Å²) in [6.07, 6.45) is 2.49. The Bertz CT molecular complexity index is 1160. The summed E-state index contributed by atoms with van der Waals surface area (Å²) in [5, 5.41) is 0. The first kappa shape index (κ1) is 28.8. The number of hydrogen-bond acceptors (Lipinski definition) is 7. The molecular weight excluding hydrogens is 494 g/mol. The van der Waals surface area contributed by atoms with Crippen LogP contribution in [-0.4, -0.2) is 64.5 Å². The van der Waals surface area contributed by atoms with Gasteiger partial charge in [0.05, 0.1) is 38.6 Å². The highest BCUT2D eigenvalue weighted by Crippen LogP contribution is 2.42. The predicted molar refractivity (Wildman–Crippen MR) is 143 cm³/mol. The molecule has 1 saturated heterocycles. The molecule has 9 heteroatoms. The van der Waals surface area contributed by atoms with E-state index in [0.29, 0.717) is 50.6 Å². The van der Waals surface area contributed by atoms with Crippen LogP contribution >= 0.6 is 0 Å². The zero-order valence-electron chi connectivity index (χ0n) is 22.5. The third kappa shape index (κ3) is 8.10. The standard InChI is InChI=1S/C28H39NO7S/c1-6-33-25-12-11-23(19-26(25)34-7-2)28(14-16-35-37(5,31)32)13-15-29(20-28)27(30)18-22-9-8-10-24(17-22)36-21(3)4/h8-12,17,19,21H,6-7,13-16,18,20H2,1-5H3/t28-/m1/s1. The molecule has 0 unspecified atom stereocenters. The molecule has 1 amide bonds. The molecule has 0 aromatic heterocycles. The Morgan fingerprint density at radius 3 is 2.46 bits per heavy atom. The van der Waals surface area contributed by atoms with Crippen molar-refractivity contribution < 1.29 is 31.6 Å². The minimum absolute atomic E-state index is 0.0172. The van der Waals surface area contributed by atoms with E-state index in [1.807, 2.05) is 75.1 Å².